The van der Waals surface area contributed by atoms with E-state index < -0.39 is 11.9 Å². The third-order valence-corrected chi connectivity index (χ3v) is 8.06. The van der Waals surface area contributed by atoms with Crippen LogP contribution in [0.25, 0.3) is 12.2 Å². The van der Waals surface area contributed by atoms with Gasteiger partial charge in [-0.3, -0.25) is 0 Å². The van der Waals surface area contributed by atoms with Crippen molar-refractivity contribution in [2.75, 3.05) is 54.1 Å². The molecule has 1 saturated carbocycles. The summed E-state index contributed by atoms with van der Waals surface area (Å²) in [5, 5.41) is 0. The van der Waals surface area contributed by atoms with E-state index in [1.54, 1.807) is 26.4 Å². The SMILES string of the molecule is COC(=O)C=Cc1ccc(OCC2CC(COc3ccc(C=CC(=O)OC)cc3OC)CC(OCCCCCCCl)C2)c(OC)c1. The average molecular weight is 659 g/mol. The summed E-state index contributed by atoms with van der Waals surface area (Å²) in [5.41, 5.74) is 1.60. The molecule has 1 aliphatic carbocycles. The number of carbonyl (C=O) groups excluding carboxylic acids is 2. The Hall–Kier alpha value is -3.69. The molecule has 10 heteroatoms. The minimum Gasteiger partial charge on any atom is -0.493 e. The van der Waals surface area contributed by atoms with Gasteiger partial charge >= 0.3 is 11.9 Å². The first-order valence-electron chi connectivity index (χ1n) is 15.7. The van der Waals surface area contributed by atoms with Gasteiger partial charge in [0.25, 0.3) is 0 Å². The fourth-order valence-electron chi connectivity index (χ4n) is 5.41. The number of benzene rings is 2. The largest absolute Gasteiger partial charge is 0.493 e. The summed E-state index contributed by atoms with van der Waals surface area (Å²) in [4.78, 5) is 23.0. The normalized spacial score (nSPS) is 18.0. The van der Waals surface area contributed by atoms with Gasteiger partial charge in [-0.15, -0.1) is 11.6 Å². The molecule has 0 heterocycles. The van der Waals surface area contributed by atoms with Crippen LogP contribution in [0, 0.1) is 11.8 Å². The summed E-state index contributed by atoms with van der Waals surface area (Å²) in [6, 6.07) is 11.1. The number of hydrogen-bond donors (Lipinski definition) is 0. The first-order valence-corrected chi connectivity index (χ1v) is 16.2. The molecule has 0 spiro atoms. The highest BCUT2D eigenvalue weighted by molar-refractivity contribution is 6.17. The molecule has 46 heavy (non-hydrogen) atoms. The van der Waals surface area contributed by atoms with E-state index in [2.05, 4.69) is 9.47 Å². The van der Waals surface area contributed by atoms with Crippen LogP contribution in [0.15, 0.2) is 48.6 Å². The van der Waals surface area contributed by atoms with E-state index in [1.165, 1.54) is 26.4 Å². The van der Waals surface area contributed by atoms with Gasteiger partial charge in [-0.25, -0.2) is 9.59 Å². The molecular formula is C36H47ClO9. The Labute approximate surface area is 277 Å². The van der Waals surface area contributed by atoms with Crippen LogP contribution in [0.3, 0.4) is 0 Å². The van der Waals surface area contributed by atoms with E-state index in [0.717, 1.165) is 62.7 Å². The van der Waals surface area contributed by atoms with Crippen molar-refractivity contribution < 1.29 is 42.7 Å². The summed E-state index contributed by atoms with van der Waals surface area (Å²) in [5.74, 6) is 2.80. The van der Waals surface area contributed by atoms with E-state index in [-0.39, 0.29) is 17.9 Å². The Morgan fingerprint density at radius 2 is 1.20 bits per heavy atom. The zero-order valence-corrected chi connectivity index (χ0v) is 28.1. The van der Waals surface area contributed by atoms with Crippen molar-refractivity contribution in [3.63, 3.8) is 0 Å². The molecule has 9 nitrogen and oxygen atoms in total. The van der Waals surface area contributed by atoms with Gasteiger partial charge in [0.05, 0.1) is 47.8 Å². The van der Waals surface area contributed by atoms with Crippen LogP contribution in [0.2, 0.25) is 0 Å². The summed E-state index contributed by atoms with van der Waals surface area (Å²) in [6.45, 7) is 1.73. The first-order chi connectivity index (χ1) is 22.4. The fraction of sp³-hybridized carbons (Fsp3) is 0.500. The number of esters is 2. The van der Waals surface area contributed by atoms with Crippen LogP contribution in [-0.2, 0) is 23.8 Å². The lowest BCUT2D eigenvalue weighted by molar-refractivity contribution is -0.135. The fourth-order valence-corrected chi connectivity index (χ4v) is 5.60. The number of unbranched alkanes of at least 4 members (excludes halogenated alkanes) is 3. The third-order valence-electron chi connectivity index (χ3n) is 7.79. The summed E-state index contributed by atoms with van der Waals surface area (Å²) in [7, 11) is 5.87. The molecule has 1 aliphatic rings. The zero-order chi connectivity index (χ0) is 33.1. The Morgan fingerprint density at radius 3 is 1.65 bits per heavy atom. The third kappa shape index (κ3) is 12.6. The lowest BCUT2D eigenvalue weighted by atomic mass is 9.80. The molecule has 0 aromatic heterocycles. The molecule has 0 N–H and O–H groups in total. The Morgan fingerprint density at radius 1 is 0.696 bits per heavy atom. The molecule has 2 aromatic carbocycles. The quantitative estimate of drug-likeness (QED) is 0.0675. The molecule has 0 bridgehead atoms. The lowest BCUT2D eigenvalue weighted by Crippen LogP contribution is -2.34. The number of methoxy groups -OCH3 is 4. The van der Waals surface area contributed by atoms with Crippen molar-refractivity contribution in [1.29, 1.82) is 0 Å². The van der Waals surface area contributed by atoms with E-state index in [4.69, 9.17) is 35.3 Å². The van der Waals surface area contributed by atoms with Gasteiger partial charge < -0.3 is 33.2 Å². The van der Waals surface area contributed by atoms with Crippen molar-refractivity contribution in [3.8, 4) is 23.0 Å². The standard InChI is InChI=1S/C36H47ClO9/c1-40-33-22-26(11-15-35(38)42-3)9-13-31(33)45-24-28-19-29(21-30(20-28)44-18-8-6-5-7-17-37)25-46-32-14-10-27(23-34(32)41-2)12-16-36(39)43-4/h9-16,22-23,28-30H,5-8,17-21,24-25H2,1-4H3. The smallest absolute Gasteiger partial charge is 0.330 e. The van der Waals surface area contributed by atoms with Gasteiger partial charge in [0, 0.05) is 24.6 Å². The predicted molar refractivity (Wildman–Crippen MR) is 179 cm³/mol. The number of hydrogen-bond acceptors (Lipinski definition) is 9. The number of rotatable bonds is 19. The van der Waals surface area contributed by atoms with Gasteiger partial charge in [-0.2, -0.15) is 0 Å². The van der Waals surface area contributed by atoms with Crippen LogP contribution in [0.1, 0.15) is 56.1 Å². The topological polar surface area (TPSA) is 98.8 Å². The van der Waals surface area contributed by atoms with Crippen LogP contribution in [-0.4, -0.2) is 72.2 Å². The molecule has 0 aliphatic heterocycles. The van der Waals surface area contributed by atoms with Crippen molar-refractivity contribution in [3.05, 3.63) is 59.7 Å². The van der Waals surface area contributed by atoms with Crippen LogP contribution in [0.4, 0.5) is 0 Å². The Balaban J connectivity index is 1.66. The molecule has 0 radical (unpaired) electrons. The van der Waals surface area contributed by atoms with Crippen LogP contribution < -0.4 is 18.9 Å². The number of carbonyl (C=O) groups is 2. The number of alkyl halides is 1. The van der Waals surface area contributed by atoms with Crippen molar-refractivity contribution in [1.82, 2.24) is 0 Å². The van der Waals surface area contributed by atoms with Crippen molar-refractivity contribution in [2.45, 2.75) is 51.0 Å². The second-order valence-corrected chi connectivity index (χ2v) is 11.6. The molecule has 2 unspecified atom stereocenters. The monoisotopic (exact) mass is 658 g/mol. The molecule has 0 saturated heterocycles. The van der Waals surface area contributed by atoms with Gasteiger partial charge in [0.2, 0.25) is 0 Å². The first kappa shape index (κ1) is 36.8. The van der Waals surface area contributed by atoms with Gasteiger partial charge in [-0.05, 0) is 91.5 Å². The highest BCUT2D eigenvalue weighted by Crippen LogP contribution is 2.36. The highest BCUT2D eigenvalue weighted by atomic mass is 35.5. The Bertz CT molecular complexity index is 1200. The number of ether oxygens (including phenoxy) is 7. The molecule has 1 fully saturated rings. The molecule has 3 rings (SSSR count). The predicted octanol–water partition coefficient (Wildman–Crippen LogP) is 7.13. The molecule has 252 valence electrons. The zero-order valence-electron chi connectivity index (χ0n) is 27.3. The van der Waals surface area contributed by atoms with E-state index in [1.807, 2.05) is 36.4 Å². The van der Waals surface area contributed by atoms with Crippen molar-refractivity contribution in [2.24, 2.45) is 11.8 Å². The van der Waals surface area contributed by atoms with E-state index in [0.29, 0.717) is 42.1 Å². The second kappa shape index (κ2) is 20.4. The second-order valence-electron chi connectivity index (χ2n) is 11.2. The summed E-state index contributed by atoms with van der Waals surface area (Å²) in [6.07, 6.45) is 13.1. The maximum Gasteiger partial charge on any atom is 0.330 e. The van der Waals surface area contributed by atoms with Gasteiger partial charge in [0.15, 0.2) is 23.0 Å². The molecule has 2 aromatic rings. The maximum absolute atomic E-state index is 11.5. The van der Waals surface area contributed by atoms with Crippen molar-refractivity contribution >= 4 is 35.7 Å². The maximum atomic E-state index is 11.5. The van der Waals surface area contributed by atoms with E-state index in [9.17, 15) is 9.59 Å². The van der Waals surface area contributed by atoms with Crippen LogP contribution >= 0.6 is 11.6 Å². The minimum atomic E-state index is -0.426. The van der Waals surface area contributed by atoms with Gasteiger partial charge in [-0.1, -0.05) is 25.0 Å². The molecular weight excluding hydrogens is 612 g/mol. The lowest BCUT2D eigenvalue weighted by Gasteiger charge is -2.35. The summed E-state index contributed by atoms with van der Waals surface area (Å²) >= 11 is 5.82. The van der Waals surface area contributed by atoms with Gasteiger partial charge in [0.1, 0.15) is 0 Å². The van der Waals surface area contributed by atoms with E-state index >= 15 is 0 Å². The molecule has 0 amide bonds. The summed E-state index contributed by atoms with van der Waals surface area (Å²) < 4.78 is 39.4. The number of halogens is 1. The van der Waals surface area contributed by atoms with Crippen LogP contribution in [0.5, 0.6) is 23.0 Å². The Kier molecular flexibility index (Phi) is 16.3. The minimum absolute atomic E-state index is 0.101. The highest BCUT2D eigenvalue weighted by Gasteiger charge is 2.31. The average Bonchev–Trinajstić information content (AvgIpc) is 3.09. The molecule has 2 atom stereocenters.